The molecule has 0 atom stereocenters. The highest BCUT2D eigenvalue weighted by atomic mass is 32.1. The minimum Gasteiger partial charge on any atom is -0.459 e. The number of hydrogen-bond acceptors (Lipinski definition) is 5. The van der Waals surface area contributed by atoms with Crippen LogP contribution in [-0.2, 0) is 0 Å². The summed E-state index contributed by atoms with van der Waals surface area (Å²) in [5.41, 5.74) is 1.77. The third kappa shape index (κ3) is 4.14. The van der Waals surface area contributed by atoms with Crippen molar-refractivity contribution in [3.8, 4) is 10.8 Å². The van der Waals surface area contributed by atoms with Crippen LogP contribution in [0.1, 0.15) is 45.3 Å². The summed E-state index contributed by atoms with van der Waals surface area (Å²) >= 11 is 1.28. The molecule has 3 aromatic rings. The fourth-order valence-electron chi connectivity index (χ4n) is 2.87. The van der Waals surface area contributed by atoms with E-state index in [0.717, 1.165) is 5.76 Å². The van der Waals surface area contributed by atoms with E-state index in [-0.39, 0.29) is 11.8 Å². The summed E-state index contributed by atoms with van der Waals surface area (Å²) in [6.07, 6.45) is 0. The van der Waals surface area contributed by atoms with Crippen molar-refractivity contribution < 1.29 is 14.0 Å². The molecule has 2 heterocycles. The fourth-order valence-corrected chi connectivity index (χ4v) is 3.80. The average molecular weight is 398 g/mol. The van der Waals surface area contributed by atoms with Crippen molar-refractivity contribution in [3.05, 3.63) is 58.3 Å². The minimum absolute atomic E-state index is 0.0504. The number of nitrogens with one attached hydrogen (secondary N) is 1. The number of amides is 2. The number of aryl methyl sites for hydroxylation is 2. The smallest absolute Gasteiger partial charge is 0.267 e. The lowest BCUT2D eigenvalue weighted by Crippen LogP contribution is -2.30. The topological polar surface area (TPSA) is 75.4 Å². The zero-order chi connectivity index (χ0) is 20.3. The number of aromatic nitrogens is 1. The highest BCUT2D eigenvalue weighted by Gasteiger charge is 2.19. The quantitative estimate of drug-likeness (QED) is 0.651. The zero-order valence-electron chi connectivity index (χ0n) is 16.4. The number of thiazole rings is 1. The Kier molecular flexibility index (Phi) is 5.94. The molecule has 0 spiro atoms. The highest BCUT2D eigenvalue weighted by molar-refractivity contribution is 7.17. The second-order valence-corrected chi connectivity index (χ2v) is 7.36. The Morgan fingerprint density at radius 1 is 1.14 bits per heavy atom. The molecule has 3 rings (SSSR count). The molecule has 6 nitrogen and oxygen atoms in total. The van der Waals surface area contributed by atoms with Gasteiger partial charge in [-0.3, -0.25) is 9.59 Å². The minimum atomic E-state index is -0.253. The lowest BCUT2D eigenvalue weighted by atomic mass is 10.1. The van der Waals surface area contributed by atoms with Crippen LogP contribution in [0.15, 0.2) is 40.8 Å². The van der Waals surface area contributed by atoms with Crippen molar-refractivity contribution >= 4 is 28.8 Å². The Morgan fingerprint density at radius 3 is 2.54 bits per heavy atom. The Hall–Kier alpha value is -2.93. The van der Waals surface area contributed by atoms with E-state index in [1.165, 1.54) is 11.3 Å². The van der Waals surface area contributed by atoms with Gasteiger partial charge in [-0.2, -0.15) is 0 Å². The predicted octanol–water partition coefficient (Wildman–Crippen LogP) is 4.75. The van der Waals surface area contributed by atoms with Gasteiger partial charge in [-0.25, -0.2) is 4.98 Å². The van der Waals surface area contributed by atoms with Crippen molar-refractivity contribution in [2.24, 2.45) is 0 Å². The van der Waals surface area contributed by atoms with Crippen LogP contribution in [0.3, 0.4) is 0 Å². The van der Waals surface area contributed by atoms with E-state index in [4.69, 9.17) is 4.42 Å². The summed E-state index contributed by atoms with van der Waals surface area (Å²) in [6, 6.07) is 10.7. The van der Waals surface area contributed by atoms with Gasteiger partial charge < -0.3 is 14.6 Å². The van der Waals surface area contributed by atoms with Crippen molar-refractivity contribution in [3.63, 3.8) is 0 Å². The second kappa shape index (κ2) is 8.39. The molecule has 0 aliphatic carbocycles. The molecule has 0 bridgehead atoms. The lowest BCUT2D eigenvalue weighted by Gasteiger charge is -2.19. The number of nitrogens with zero attached hydrogens (tertiary/aromatic N) is 2. The van der Waals surface area contributed by atoms with Crippen molar-refractivity contribution in [1.29, 1.82) is 0 Å². The highest BCUT2D eigenvalue weighted by Crippen LogP contribution is 2.29. The van der Waals surface area contributed by atoms with Gasteiger partial charge in [0.15, 0.2) is 10.8 Å². The van der Waals surface area contributed by atoms with Crippen LogP contribution in [0.5, 0.6) is 0 Å². The molecular weight excluding hydrogens is 374 g/mol. The van der Waals surface area contributed by atoms with Crippen molar-refractivity contribution in [2.45, 2.75) is 27.7 Å². The van der Waals surface area contributed by atoms with E-state index < -0.39 is 0 Å². The van der Waals surface area contributed by atoms with Gasteiger partial charge in [-0.15, -0.1) is 11.3 Å². The monoisotopic (exact) mass is 397 g/mol. The van der Waals surface area contributed by atoms with Crippen molar-refractivity contribution in [1.82, 2.24) is 9.88 Å². The van der Waals surface area contributed by atoms with Crippen LogP contribution in [0, 0.1) is 13.8 Å². The number of benzene rings is 1. The Labute approximate surface area is 168 Å². The summed E-state index contributed by atoms with van der Waals surface area (Å²) in [4.78, 5) is 32.0. The number of anilines is 1. The molecule has 0 aliphatic rings. The van der Waals surface area contributed by atoms with Gasteiger partial charge in [-0.1, -0.05) is 6.07 Å². The number of furan rings is 1. The van der Waals surface area contributed by atoms with Crippen LogP contribution >= 0.6 is 11.3 Å². The summed E-state index contributed by atoms with van der Waals surface area (Å²) < 4.78 is 5.60. The number of carbonyl (C=O) groups excluding carboxylic acids is 2. The van der Waals surface area contributed by atoms with Crippen molar-refractivity contribution in [2.75, 3.05) is 18.4 Å². The molecule has 28 heavy (non-hydrogen) atoms. The van der Waals surface area contributed by atoms with Crippen LogP contribution in [0.25, 0.3) is 10.8 Å². The Morgan fingerprint density at radius 2 is 1.89 bits per heavy atom. The first-order chi connectivity index (χ1) is 13.4. The van der Waals surface area contributed by atoms with Gasteiger partial charge in [0, 0.05) is 24.3 Å². The molecule has 146 valence electrons. The van der Waals surface area contributed by atoms with Gasteiger partial charge in [0.2, 0.25) is 0 Å². The molecule has 0 saturated carbocycles. The summed E-state index contributed by atoms with van der Waals surface area (Å²) in [6.45, 7) is 8.83. The van der Waals surface area contributed by atoms with E-state index in [9.17, 15) is 9.59 Å². The SMILES string of the molecule is CCN(CC)C(=O)c1cccc(NC(=O)c2sc(-c3ccc(C)o3)nc2C)c1. The van der Waals surface area contributed by atoms with E-state index >= 15 is 0 Å². The standard InChI is InChI=1S/C21H23N3O3S/c1-5-24(6-2)21(26)15-8-7-9-16(12-15)23-19(25)18-14(4)22-20(28-18)17-11-10-13(3)27-17/h7-12H,5-6H2,1-4H3,(H,23,25). The molecular formula is C21H23N3O3S. The summed E-state index contributed by atoms with van der Waals surface area (Å²) in [5.74, 6) is 1.14. The number of carbonyl (C=O) groups is 2. The van der Waals surface area contributed by atoms with E-state index in [1.807, 2.05) is 32.9 Å². The predicted molar refractivity (Wildman–Crippen MR) is 111 cm³/mol. The molecule has 0 aliphatic heterocycles. The second-order valence-electron chi connectivity index (χ2n) is 6.36. The number of hydrogen-bond donors (Lipinski definition) is 1. The van der Waals surface area contributed by atoms with Crippen LogP contribution in [0.4, 0.5) is 5.69 Å². The molecule has 2 aromatic heterocycles. The third-order valence-corrected chi connectivity index (χ3v) is 5.54. The average Bonchev–Trinajstić information content (AvgIpc) is 3.28. The largest absolute Gasteiger partial charge is 0.459 e. The van der Waals surface area contributed by atoms with E-state index in [1.54, 1.807) is 36.1 Å². The van der Waals surface area contributed by atoms with Gasteiger partial charge in [-0.05, 0) is 58.0 Å². The maximum absolute atomic E-state index is 12.7. The molecule has 2 amide bonds. The van der Waals surface area contributed by atoms with Gasteiger partial charge >= 0.3 is 0 Å². The molecule has 0 radical (unpaired) electrons. The molecule has 0 saturated heterocycles. The lowest BCUT2D eigenvalue weighted by molar-refractivity contribution is 0.0772. The first kappa shape index (κ1) is 19.8. The molecule has 7 heteroatoms. The molecule has 0 unspecified atom stereocenters. The first-order valence-electron chi connectivity index (χ1n) is 9.17. The maximum atomic E-state index is 12.7. The van der Waals surface area contributed by atoms with Gasteiger partial charge in [0.1, 0.15) is 10.6 Å². The van der Waals surface area contributed by atoms with Crippen LogP contribution in [-0.4, -0.2) is 34.8 Å². The fraction of sp³-hybridized carbons (Fsp3) is 0.286. The van der Waals surface area contributed by atoms with E-state index in [2.05, 4.69) is 10.3 Å². The first-order valence-corrected chi connectivity index (χ1v) is 9.99. The zero-order valence-corrected chi connectivity index (χ0v) is 17.2. The Balaban J connectivity index is 1.79. The summed E-state index contributed by atoms with van der Waals surface area (Å²) in [5, 5.41) is 3.54. The Bertz CT molecular complexity index is 1000. The molecule has 1 N–H and O–H groups in total. The third-order valence-electron chi connectivity index (χ3n) is 4.37. The molecule has 1 aromatic carbocycles. The summed E-state index contributed by atoms with van der Waals surface area (Å²) in [7, 11) is 0. The van der Waals surface area contributed by atoms with Gasteiger partial charge in [0.05, 0.1) is 5.69 Å². The molecule has 0 fully saturated rings. The van der Waals surface area contributed by atoms with Crippen LogP contribution < -0.4 is 5.32 Å². The van der Waals surface area contributed by atoms with Crippen LogP contribution in [0.2, 0.25) is 0 Å². The van der Waals surface area contributed by atoms with Gasteiger partial charge in [0.25, 0.3) is 11.8 Å². The number of rotatable bonds is 6. The van der Waals surface area contributed by atoms with E-state index in [0.29, 0.717) is 45.7 Å². The normalized spacial score (nSPS) is 10.7. The maximum Gasteiger partial charge on any atom is 0.267 e.